The predicted molar refractivity (Wildman–Crippen MR) is 153 cm³/mol. The molecule has 222 valence electrons. The first-order chi connectivity index (χ1) is 19.9. The topological polar surface area (TPSA) is 94.0 Å². The Hall–Kier alpha value is -3.35. The summed E-state index contributed by atoms with van der Waals surface area (Å²) in [5.41, 5.74) is -0.150. The number of piperidine rings is 1. The number of benzene rings is 2. The highest BCUT2D eigenvalue weighted by molar-refractivity contribution is 7.09. The molecule has 1 aromatic heterocycles. The molecule has 3 heterocycles. The number of carboxylic acid groups (broad SMARTS) is 1. The van der Waals surface area contributed by atoms with Crippen LogP contribution in [0.25, 0.3) is 0 Å². The van der Waals surface area contributed by atoms with Crippen LogP contribution in [0, 0.1) is 0 Å². The molecule has 8 nitrogen and oxygen atoms in total. The smallest absolute Gasteiger partial charge is 0.416 e. The fourth-order valence-electron chi connectivity index (χ4n) is 5.18. The first-order valence-corrected chi connectivity index (χ1v) is 14.7. The van der Waals surface area contributed by atoms with Crippen LogP contribution in [0.15, 0.2) is 41.8 Å². The van der Waals surface area contributed by atoms with Gasteiger partial charge >= 0.3 is 12.1 Å². The van der Waals surface area contributed by atoms with Crippen LogP contribution in [0.2, 0.25) is 10.0 Å². The lowest BCUT2D eigenvalue weighted by atomic mass is 9.96. The lowest BCUT2D eigenvalue weighted by Gasteiger charge is -2.36. The normalized spacial score (nSPS) is 16.5. The Morgan fingerprint density at radius 2 is 1.50 bits per heavy atom. The first-order valence-electron chi connectivity index (χ1n) is 13.1. The molecule has 2 fully saturated rings. The monoisotopic (exact) mass is 640 g/mol. The number of amides is 2. The van der Waals surface area contributed by atoms with E-state index in [-0.39, 0.29) is 33.0 Å². The van der Waals surface area contributed by atoms with Crippen molar-refractivity contribution in [3.05, 3.63) is 79.2 Å². The van der Waals surface area contributed by atoms with Crippen LogP contribution in [-0.2, 0) is 6.18 Å². The third-order valence-corrected chi connectivity index (χ3v) is 9.23. The molecule has 0 unspecified atom stereocenters. The number of aromatic nitrogens is 1. The quantitative estimate of drug-likeness (QED) is 0.360. The van der Waals surface area contributed by atoms with E-state index in [1.54, 1.807) is 21.2 Å². The number of hydrogen-bond acceptors (Lipinski definition) is 6. The van der Waals surface area contributed by atoms with E-state index in [2.05, 4.69) is 4.98 Å². The van der Waals surface area contributed by atoms with Crippen molar-refractivity contribution < 1.29 is 32.7 Å². The zero-order valence-corrected chi connectivity index (χ0v) is 24.4. The number of carbonyl (C=O) groups excluding carboxylic acids is 2. The van der Waals surface area contributed by atoms with Gasteiger partial charge in [0, 0.05) is 56.3 Å². The van der Waals surface area contributed by atoms with Gasteiger partial charge in [0.2, 0.25) is 0 Å². The molecule has 0 saturated carbocycles. The van der Waals surface area contributed by atoms with E-state index >= 15 is 0 Å². The van der Waals surface area contributed by atoms with Crippen molar-refractivity contribution in [2.24, 2.45) is 0 Å². The summed E-state index contributed by atoms with van der Waals surface area (Å²) in [5.74, 6) is -1.91. The fraction of sp³-hybridized carbons (Fsp3) is 0.357. The van der Waals surface area contributed by atoms with Crippen molar-refractivity contribution in [1.82, 2.24) is 14.8 Å². The average Bonchev–Trinajstić information content (AvgIpc) is 3.48. The van der Waals surface area contributed by atoms with E-state index in [0.29, 0.717) is 63.5 Å². The van der Waals surface area contributed by atoms with Gasteiger partial charge in [0.1, 0.15) is 5.69 Å². The number of alkyl halides is 3. The molecule has 0 spiro atoms. The van der Waals surface area contributed by atoms with E-state index in [4.69, 9.17) is 23.2 Å². The summed E-state index contributed by atoms with van der Waals surface area (Å²) in [6, 6.07) is 7.63. The molecule has 42 heavy (non-hydrogen) atoms. The number of carbonyl (C=O) groups is 3. The van der Waals surface area contributed by atoms with Crippen LogP contribution >= 0.6 is 34.5 Å². The molecule has 5 rings (SSSR count). The second-order valence-electron chi connectivity index (χ2n) is 10.1. The SMILES string of the molecule is O=C(O)c1cc(Cl)c(Cl)cc1C(=O)N1CCC(c2nc(C(=O)N3CCN(c4cccc(C(F)(F)F)c4)CC3)cs2)CC1. The molecule has 1 N–H and O–H groups in total. The number of rotatable bonds is 5. The van der Waals surface area contributed by atoms with Crippen LogP contribution < -0.4 is 4.90 Å². The Bertz CT molecular complexity index is 1520. The van der Waals surface area contributed by atoms with Crippen molar-refractivity contribution in [2.75, 3.05) is 44.2 Å². The molecule has 3 aromatic rings. The third kappa shape index (κ3) is 6.35. The highest BCUT2D eigenvalue weighted by atomic mass is 35.5. The van der Waals surface area contributed by atoms with E-state index in [1.165, 1.54) is 29.5 Å². The van der Waals surface area contributed by atoms with Gasteiger partial charge in [-0.25, -0.2) is 9.78 Å². The predicted octanol–water partition coefficient (Wildman–Crippen LogP) is 6.15. The van der Waals surface area contributed by atoms with Crippen LogP contribution in [0.3, 0.4) is 0 Å². The van der Waals surface area contributed by atoms with Gasteiger partial charge in [-0.15, -0.1) is 11.3 Å². The van der Waals surface area contributed by atoms with Gasteiger partial charge in [0.05, 0.1) is 31.7 Å². The largest absolute Gasteiger partial charge is 0.478 e. The number of thiazole rings is 1. The molecule has 2 amide bonds. The number of halogens is 5. The number of aromatic carboxylic acids is 1. The van der Waals surface area contributed by atoms with Crippen LogP contribution in [0.5, 0.6) is 0 Å². The number of carboxylic acids is 1. The summed E-state index contributed by atoms with van der Waals surface area (Å²) in [4.78, 5) is 47.6. The van der Waals surface area contributed by atoms with Crippen LogP contribution in [-0.4, -0.2) is 76.9 Å². The number of piperazine rings is 1. The molecule has 14 heteroatoms. The minimum atomic E-state index is -4.42. The molecule has 2 aliphatic heterocycles. The number of nitrogens with zero attached hydrogens (tertiary/aromatic N) is 4. The molecular weight excluding hydrogens is 616 g/mol. The van der Waals surface area contributed by atoms with Gasteiger partial charge in [-0.3, -0.25) is 9.59 Å². The Morgan fingerprint density at radius 1 is 0.881 bits per heavy atom. The first kappa shape index (κ1) is 30.1. The van der Waals surface area contributed by atoms with E-state index in [1.807, 2.05) is 4.90 Å². The Balaban J connectivity index is 1.17. The van der Waals surface area contributed by atoms with Crippen molar-refractivity contribution in [2.45, 2.75) is 24.9 Å². The van der Waals surface area contributed by atoms with Gasteiger partial charge < -0.3 is 19.8 Å². The molecule has 2 saturated heterocycles. The minimum Gasteiger partial charge on any atom is -0.478 e. The maximum absolute atomic E-state index is 13.1. The molecule has 2 aromatic carbocycles. The second-order valence-corrected chi connectivity index (χ2v) is 11.8. The summed E-state index contributed by atoms with van der Waals surface area (Å²) in [5, 5.41) is 12.2. The molecule has 2 aliphatic rings. The number of anilines is 1. The summed E-state index contributed by atoms with van der Waals surface area (Å²) in [6.45, 7) is 2.27. The van der Waals surface area contributed by atoms with Crippen molar-refractivity contribution in [3.63, 3.8) is 0 Å². The van der Waals surface area contributed by atoms with Crippen molar-refractivity contribution in [3.8, 4) is 0 Å². The zero-order chi connectivity index (χ0) is 30.2. The maximum atomic E-state index is 13.1. The Kier molecular flexibility index (Phi) is 8.68. The van der Waals surface area contributed by atoms with Gasteiger partial charge in [0.15, 0.2) is 0 Å². The summed E-state index contributed by atoms with van der Waals surface area (Å²) in [6.07, 6.45) is -3.24. The van der Waals surface area contributed by atoms with E-state index < -0.39 is 23.6 Å². The Morgan fingerprint density at radius 3 is 2.12 bits per heavy atom. The van der Waals surface area contributed by atoms with Crippen molar-refractivity contribution >= 4 is 58.0 Å². The summed E-state index contributed by atoms with van der Waals surface area (Å²) < 4.78 is 39.3. The lowest BCUT2D eigenvalue weighted by Crippen LogP contribution is -2.49. The van der Waals surface area contributed by atoms with Gasteiger partial charge in [0.25, 0.3) is 11.8 Å². The Labute approximate surface area is 253 Å². The standard InChI is InChI=1S/C28H25Cl2F3N4O4S/c29-21-13-19(20(27(40)41)14-22(21)30)25(38)36-6-4-16(5-7-36)24-34-23(15-42-24)26(39)37-10-8-35(9-11-37)18-3-1-2-17(12-18)28(31,32)33/h1-3,12-16H,4-11H2,(H,40,41). The zero-order valence-electron chi connectivity index (χ0n) is 22.0. The fourth-order valence-corrected chi connectivity index (χ4v) is 6.48. The maximum Gasteiger partial charge on any atom is 0.416 e. The van der Waals surface area contributed by atoms with E-state index in [0.717, 1.165) is 17.1 Å². The molecule has 0 bridgehead atoms. The highest BCUT2D eigenvalue weighted by Crippen LogP contribution is 2.34. The average molecular weight is 641 g/mol. The van der Waals surface area contributed by atoms with Gasteiger partial charge in [-0.2, -0.15) is 13.2 Å². The molecule has 0 radical (unpaired) electrons. The molecular formula is C28H25Cl2F3N4O4S. The van der Waals surface area contributed by atoms with Gasteiger partial charge in [-0.1, -0.05) is 29.3 Å². The lowest BCUT2D eigenvalue weighted by molar-refractivity contribution is -0.137. The number of likely N-dealkylation sites (tertiary alicyclic amines) is 1. The highest BCUT2D eigenvalue weighted by Gasteiger charge is 2.32. The summed E-state index contributed by atoms with van der Waals surface area (Å²) >= 11 is 13.4. The molecule has 0 aliphatic carbocycles. The summed E-state index contributed by atoms with van der Waals surface area (Å²) in [7, 11) is 0. The van der Waals surface area contributed by atoms with Gasteiger partial charge in [-0.05, 0) is 43.2 Å². The minimum absolute atomic E-state index is 0.0226. The second kappa shape index (κ2) is 12.1. The number of hydrogen-bond donors (Lipinski definition) is 1. The van der Waals surface area contributed by atoms with Crippen molar-refractivity contribution in [1.29, 1.82) is 0 Å². The van der Waals surface area contributed by atoms with Crippen LogP contribution in [0.4, 0.5) is 18.9 Å². The molecule has 0 atom stereocenters. The third-order valence-electron chi connectivity index (χ3n) is 7.50. The van der Waals surface area contributed by atoms with Crippen LogP contribution in [0.1, 0.15) is 60.5 Å². The van der Waals surface area contributed by atoms with E-state index in [9.17, 15) is 32.7 Å².